The van der Waals surface area contributed by atoms with E-state index >= 15 is 0 Å². The predicted molar refractivity (Wildman–Crippen MR) is 121 cm³/mol. The Bertz CT molecular complexity index is 915. The smallest absolute Gasteiger partial charge is 0.243 e. The number of rotatable bonds is 8. The molecule has 3 rings (SSSR count). The second-order valence-electron chi connectivity index (χ2n) is 8.63. The summed E-state index contributed by atoms with van der Waals surface area (Å²) in [6.07, 6.45) is 1.64. The Morgan fingerprint density at radius 2 is 1.81 bits per heavy atom. The lowest BCUT2D eigenvalue weighted by Gasteiger charge is -2.36. The fourth-order valence-electron chi connectivity index (χ4n) is 4.01. The van der Waals surface area contributed by atoms with Crippen molar-refractivity contribution in [3.63, 3.8) is 0 Å². The topological polar surface area (TPSA) is 52.7 Å². The summed E-state index contributed by atoms with van der Waals surface area (Å²) >= 11 is 0. The highest BCUT2D eigenvalue weighted by Gasteiger charge is 2.34. The van der Waals surface area contributed by atoms with E-state index in [1.165, 1.54) is 6.07 Å². The van der Waals surface area contributed by atoms with Crippen molar-refractivity contribution in [1.29, 1.82) is 0 Å². The Hall–Kier alpha value is -2.89. The van der Waals surface area contributed by atoms with E-state index in [0.29, 0.717) is 44.6 Å². The van der Waals surface area contributed by atoms with Gasteiger partial charge in [-0.15, -0.1) is 0 Å². The highest BCUT2D eigenvalue weighted by Crippen LogP contribution is 2.25. The highest BCUT2D eigenvalue weighted by molar-refractivity contribution is 5.88. The van der Waals surface area contributed by atoms with Crippen LogP contribution in [0.3, 0.4) is 0 Å². The third-order valence-corrected chi connectivity index (χ3v) is 5.69. The zero-order valence-corrected chi connectivity index (χ0v) is 18.6. The van der Waals surface area contributed by atoms with Crippen LogP contribution in [0.5, 0.6) is 0 Å². The molecule has 1 aliphatic heterocycles. The second-order valence-corrected chi connectivity index (χ2v) is 8.63. The summed E-state index contributed by atoms with van der Waals surface area (Å²) in [4.78, 5) is 29.4. The molecule has 31 heavy (non-hydrogen) atoms. The van der Waals surface area contributed by atoms with Gasteiger partial charge >= 0.3 is 0 Å². The molecule has 0 aromatic heterocycles. The van der Waals surface area contributed by atoms with Crippen molar-refractivity contribution in [3.8, 4) is 0 Å². The number of halogens is 1. The zero-order chi connectivity index (χ0) is 22.4. The van der Waals surface area contributed by atoms with E-state index in [-0.39, 0.29) is 23.5 Å². The number of nitrogens with zero attached hydrogens (tertiary/aromatic N) is 2. The van der Waals surface area contributed by atoms with Crippen LogP contribution in [0.4, 0.5) is 10.1 Å². The molecule has 2 aromatic rings. The number of amides is 2. The molecular weight excluding hydrogens is 393 g/mol. The minimum Gasteiger partial charge on any atom is -0.372 e. The van der Waals surface area contributed by atoms with Gasteiger partial charge in [0.15, 0.2) is 0 Å². The number of nitrogens with one attached hydrogen (secondary N) is 1. The summed E-state index contributed by atoms with van der Waals surface area (Å²) in [5.41, 5.74) is 2.77. The molecule has 1 N–H and O–H groups in total. The first-order valence-electron chi connectivity index (χ1n) is 11.0. The number of carbonyl (C=O) groups excluding carboxylic acids is 2. The van der Waals surface area contributed by atoms with Crippen molar-refractivity contribution in [3.05, 3.63) is 65.5 Å². The van der Waals surface area contributed by atoms with Crippen LogP contribution in [-0.4, -0.2) is 42.9 Å². The first-order valence-corrected chi connectivity index (χ1v) is 11.0. The maximum Gasteiger partial charge on any atom is 0.243 e. The van der Waals surface area contributed by atoms with E-state index in [2.05, 4.69) is 5.32 Å². The first kappa shape index (κ1) is 22.8. The molecule has 5 nitrogen and oxygen atoms in total. The van der Waals surface area contributed by atoms with Crippen LogP contribution in [-0.2, 0) is 22.6 Å². The molecule has 6 heteroatoms. The van der Waals surface area contributed by atoms with E-state index in [4.69, 9.17) is 0 Å². The molecule has 1 heterocycles. The van der Waals surface area contributed by atoms with Gasteiger partial charge in [0.25, 0.3) is 0 Å². The van der Waals surface area contributed by atoms with Gasteiger partial charge in [0.1, 0.15) is 11.9 Å². The monoisotopic (exact) mass is 425 g/mol. The van der Waals surface area contributed by atoms with Gasteiger partial charge in [-0.1, -0.05) is 50.2 Å². The molecule has 2 amide bonds. The Balaban J connectivity index is 1.59. The normalized spacial score (nSPS) is 15.5. The molecule has 166 valence electrons. The number of anilines is 1. The third-order valence-electron chi connectivity index (χ3n) is 5.69. The fraction of sp³-hybridized carbons (Fsp3) is 0.440. The lowest BCUT2D eigenvalue weighted by Crippen LogP contribution is -2.53. The predicted octanol–water partition coefficient (Wildman–Crippen LogP) is 3.77. The average Bonchev–Trinajstić information content (AvgIpc) is 2.75. The summed E-state index contributed by atoms with van der Waals surface area (Å²) < 4.78 is 13.9. The zero-order valence-electron chi connectivity index (χ0n) is 18.6. The molecule has 1 unspecified atom stereocenters. The van der Waals surface area contributed by atoms with Gasteiger partial charge in [-0.05, 0) is 35.6 Å². The maximum absolute atomic E-state index is 13.9. The van der Waals surface area contributed by atoms with Crippen molar-refractivity contribution in [1.82, 2.24) is 10.2 Å². The van der Waals surface area contributed by atoms with E-state index in [1.807, 2.05) is 50.1 Å². The van der Waals surface area contributed by atoms with Gasteiger partial charge in [-0.3, -0.25) is 9.59 Å². The lowest BCUT2D eigenvalue weighted by molar-refractivity contribution is -0.142. The van der Waals surface area contributed by atoms with E-state index < -0.39 is 6.04 Å². The summed E-state index contributed by atoms with van der Waals surface area (Å²) in [6, 6.07) is 14.2. The van der Waals surface area contributed by atoms with Crippen LogP contribution < -0.4 is 10.2 Å². The van der Waals surface area contributed by atoms with Gasteiger partial charge in [-0.2, -0.15) is 0 Å². The van der Waals surface area contributed by atoms with Crippen LogP contribution in [0, 0.1) is 11.7 Å². The Morgan fingerprint density at radius 1 is 1.13 bits per heavy atom. The molecule has 0 fully saturated rings. The number of para-hydroxylation sites is 1. The van der Waals surface area contributed by atoms with Gasteiger partial charge in [0.2, 0.25) is 11.8 Å². The molecule has 0 radical (unpaired) electrons. The SMILES string of the molecule is CC(C)CC(=O)N1Cc2ccccc2CC1C(=O)NCCCN(C)c1ccccc1F. The standard InChI is InChI=1S/C25H32FN3O2/c1-18(2)15-24(30)29-17-20-10-5-4-9-19(20)16-23(29)25(31)27-13-8-14-28(3)22-12-7-6-11-21(22)26/h4-7,9-12,18,23H,8,13-17H2,1-3H3,(H,27,31). The third kappa shape index (κ3) is 5.84. The van der Waals surface area contributed by atoms with Crippen LogP contribution in [0.15, 0.2) is 48.5 Å². The van der Waals surface area contributed by atoms with Crippen molar-refractivity contribution in [2.75, 3.05) is 25.0 Å². The lowest BCUT2D eigenvalue weighted by atomic mass is 9.92. The molecule has 0 bridgehead atoms. The Morgan fingerprint density at radius 3 is 2.52 bits per heavy atom. The Labute approximate surface area is 184 Å². The summed E-state index contributed by atoms with van der Waals surface area (Å²) in [6.45, 7) is 5.58. The van der Waals surface area contributed by atoms with E-state index in [0.717, 1.165) is 11.1 Å². The van der Waals surface area contributed by atoms with Gasteiger partial charge in [-0.25, -0.2) is 4.39 Å². The number of hydrogen-bond acceptors (Lipinski definition) is 3. The number of hydrogen-bond donors (Lipinski definition) is 1. The summed E-state index contributed by atoms with van der Waals surface area (Å²) in [7, 11) is 1.84. The molecule has 1 aliphatic rings. The quantitative estimate of drug-likeness (QED) is 0.655. The largest absolute Gasteiger partial charge is 0.372 e. The molecular formula is C25H32FN3O2. The minimum atomic E-state index is -0.495. The molecule has 0 saturated heterocycles. The molecule has 0 saturated carbocycles. The fourth-order valence-corrected chi connectivity index (χ4v) is 4.01. The summed E-state index contributed by atoms with van der Waals surface area (Å²) in [5.74, 6) is -0.124. The number of carbonyl (C=O) groups is 2. The van der Waals surface area contributed by atoms with Crippen molar-refractivity contribution < 1.29 is 14.0 Å². The molecule has 1 atom stereocenters. The van der Waals surface area contributed by atoms with E-state index in [1.54, 1.807) is 23.1 Å². The first-order chi connectivity index (χ1) is 14.9. The van der Waals surface area contributed by atoms with Gasteiger partial charge in [0, 0.05) is 39.5 Å². The molecule has 0 aliphatic carbocycles. The van der Waals surface area contributed by atoms with Crippen molar-refractivity contribution in [2.45, 2.75) is 45.7 Å². The molecule has 0 spiro atoms. The average molecular weight is 426 g/mol. The molecule has 2 aromatic carbocycles. The van der Waals surface area contributed by atoms with Gasteiger partial charge in [0.05, 0.1) is 5.69 Å². The number of fused-ring (bicyclic) bond motifs is 1. The maximum atomic E-state index is 13.9. The van der Waals surface area contributed by atoms with Crippen molar-refractivity contribution >= 4 is 17.5 Å². The van der Waals surface area contributed by atoms with Crippen LogP contribution in [0.2, 0.25) is 0 Å². The number of benzene rings is 2. The van der Waals surface area contributed by atoms with E-state index in [9.17, 15) is 14.0 Å². The summed E-state index contributed by atoms with van der Waals surface area (Å²) in [5, 5.41) is 2.99. The van der Waals surface area contributed by atoms with Crippen LogP contribution in [0.25, 0.3) is 0 Å². The minimum absolute atomic E-state index is 0.0175. The van der Waals surface area contributed by atoms with Crippen LogP contribution >= 0.6 is 0 Å². The Kier molecular flexibility index (Phi) is 7.66. The van der Waals surface area contributed by atoms with Crippen molar-refractivity contribution in [2.24, 2.45) is 5.92 Å². The van der Waals surface area contributed by atoms with Crippen LogP contribution in [0.1, 0.15) is 37.8 Å². The highest BCUT2D eigenvalue weighted by atomic mass is 19.1. The second kappa shape index (κ2) is 10.4. The van der Waals surface area contributed by atoms with Gasteiger partial charge < -0.3 is 15.1 Å².